The molecule has 1 aliphatic rings. The third-order valence-electron chi connectivity index (χ3n) is 4.82. The molecule has 0 aromatic heterocycles. The fraction of sp³-hybridized carbons (Fsp3) is 0.667. The Labute approximate surface area is 128 Å². The number of nitrogens with one attached hydrogen (secondary N) is 1. The van der Waals surface area contributed by atoms with Crippen molar-refractivity contribution in [3.63, 3.8) is 0 Å². The number of benzene rings is 1. The number of likely N-dealkylation sites (N-methyl/N-ethyl adjacent to an activating group) is 1. The Kier molecular flexibility index (Phi) is 4.92. The van der Waals surface area contributed by atoms with Crippen LogP contribution in [-0.2, 0) is 0 Å². The first kappa shape index (κ1) is 16.3. The molecular weight excluding hydrogens is 265 g/mol. The maximum Gasteiger partial charge on any atom is 0.167 e. The molecule has 0 aliphatic heterocycles. The molecule has 0 saturated heterocycles. The largest absolute Gasteiger partial charge is 0.486 e. The van der Waals surface area contributed by atoms with Crippen LogP contribution in [0.2, 0.25) is 0 Å². The summed E-state index contributed by atoms with van der Waals surface area (Å²) in [5, 5.41) is 3.33. The van der Waals surface area contributed by atoms with Crippen LogP contribution in [0.4, 0.5) is 4.39 Å². The first-order valence-electron chi connectivity index (χ1n) is 7.92. The molecule has 0 radical (unpaired) electrons. The summed E-state index contributed by atoms with van der Waals surface area (Å²) in [6, 6.07) is 5.65. The quantitative estimate of drug-likeness (QED) is 0.896. The molecule has 3 heteroatoms. The molecule has 118 valence electrons. The van der Waals surface area contributed by atoms with E-state index in [1.54, 1.807) is 19.1 Å². The van der Waals surface area contributed by atoms with Gasteiger partial charge in [-0.05, 0) is 56.2 Å². The molecule has 0 heterocycles. The lowest BCUT2D eigenvalue weighted by Crippen LogP contribution is -2.47. The van der Waals surface area contributed by atoms with E-state index in [1.165, 1.54) is 6.42 Å². The fourth-order valence-electron chi connectivity index (χ4n) is 3.25. The van der Waals surface area contributed by atoms with Crippen LogP contribution in [-0.4, -0.2) is 19.2 Å². The Morgan fingerprint density at radius 3 is 2.57 bits per heavy atom. The van der Waals surface area contributed by atoms with Crippen molar-refractivity contribution in [2.75, 3.05) is 7.05 Å². The molecule has 3 unspecified atom stereocenters. The van der Waals surface area contributed by atoms with Crippen LogP contribution in [0.25, 0.3) is 0 Å². The van der Waals surface area contributed by atoms with E-state index in [-0.39, 0.29) is 17.3 Å². The number of hydrogen-bond donors (Lipinski definition) is 1. The highest BCUT2D eigenvalue weighted by Crippen LogP contribution is 2.39. The SMILES string of the molecule is CNC1CCC(C(C)(C)C)CC1Oc1cccc(C)c1F. The van der Waals surface area contributed by atoms with Crippen molar-refractivity contribution in [3.05, 3.63) is 29.6 Å². The van der Waals surface area contributed by atoms with Crippen molar-refractivity contribution < 1.29 is 9.13 Å². The van der Waals surface area contributed by atoms with Gasteiger partial charge in [-0.1, -0.05) is 32.9 Å². The second kappa shape index (κ2) is 6.35. The van der Waals surface area contributed by atoms with E-state index in [2.05, 4.69) is 26.1 Å². The summed E-state index contributed by atoms with van der Waals surface area (Å²) in [5.74, 6) is 0.764. The Balaban J connectivity index is 2.16. The number of halogens is 1. The second-order valence-corrected chi connectivity index (χ2v) is 7.31. The first-order chi connectivity index (χ1) is 9.82. The van der Waals surface area contributed by atoms with Crippen LogP contribution in [0.3, 0.4) is 0 Å². The Morgan fingerprint density at radius 2 is 1.95 bits per heavy atom. The molecule has 0 amide bonds. The Bertz CT molecular complexity index is 481. The molecule has 1 aromatic rings. The number of aryl methyl sites for hydroxylation is 1. The van der Waals surface area contributed by atoms with Crippen LogP contribution in [0.15, 0.2) is 18.2 Å². The van der Waals surface area contributed by atoms with Gasteiger partial charge in [-0.2, -0.15) is 0 Å². The molecule has 2 rings (SSSR count). The zero-order valence-corrected chi connectivity index (χ0v) is 13.9. The zero-order valence-electron chi connectivity index (χ0n) is 13.9. The van der Waals surface area contributed by atoms with Gasteiger partial charge >= 0.3 is 0 Å². The number of rotatable bonds is 3. The first-order valence-corrected chi connectivity index (χ1v) is 7.92. The van der Waals surface area contributed by atoms with Crippen LogP contribution >= 0.6 is 0 Å². The van der Waals surface area contributed by atoms with Gasteiger partial charge in [-0.3, -0.25) is 0 Å². The molecule has 2 nitrogen and oxygen atoms in total. The third-order valence-corrected chi connectivity index (χ3v) is 4.82. The molecule has 1 saturated carbocycles. The smallest absolute Gasteiger partial charge is 0.167 e. The van der Waals surface area contributed by atoms with Crippen molar-refractivity contribution in [1.29, 1.82) is 0 Å². The molecule has 3 atom stereocenters. The Morgan fingerprint density at radius 1 is 1.24 bits per heavy atom. The fourth-order valence-corrected chi connectivity index (χ4v) is 3.25. The van der Waals surface area contributed by atoms with Gasteiger partial charge in [0.1, 0.15) is 6.10 Å². The topological polar surface area (TPSA) is 21.3 Å². The number of hydrogen-bond acceptors (Lipinski definition) is 2. The minimum atomic E-state index is -0.231. The monoisotopic (exact) mass is 293 g/mol. The van der Waals surface area contributed by atoms with Gasteiger partial charge in [0.05, 0.1) is 0 Å². The van der Waals surface area contributed by atoms with Crippen molar-refractivity contribution in [2.24, 2.45) is 11.3 Å². The van der Waals surface area contributed by atoms with E-state index in [9.17, 15) is 4.39 Å². The standard InChI is InChI=1S/C18H28FNO/c1-12-7-6-8-15(17(12)19)21-16-11-13(18(2,3)4)9-10-14(16)20-5/h6-8,13-14,16,20H,9-11H2,1-5H3. The van der Waals surface area contributed by atoms with Gasteiger partial charge in [0.15, 0.2) is 11.6 Å². The van der Waals surface area contributed by atoms with Gasteiger partial charge in [0.25, 0.3) is 0 Å². The summed E-state index contributed by atoms with van der Waals surface area (Å²) in [6.07, 6.45) is 3.29. The lowest BCUT2D eigenvalue weighted by Gasteiger charge is -2.41. The summed E-state index contributed by atoms with van der Waals surface area (Å²) >= 11 is 0. The summed E-state index contributed by atoms with van der Waals surface area (Å²) in [7, 11) is 1.96. The average molecular weight is 293 g/mol. The van der Waals surface area contributed by atoms with Gasteiger partial charge in [0, 0.05) is 6.04 Å². The van der Waals surface area contributed by atoms with Gasteiger partial charge in [-0.15, -0.1) is 0 Å². The zero-order chi connectivity index (χ0) is 15.6. The normalized spacial score (nSPS) is 26.7. The summed E-state index contributed by atoms with van der Waals surface area (Å²) in [4.78, 5) is 0. The van der Waals surface area contributed by atoms with Gasteiger partial charge < -0.3 is 10.1 Å². The minimum absolute atomic E-state index is 0.0317. The maximum absolute atomic E-state index is 14.2. The molecule has 1 aliphatic carbocycles. The minimum Gasteiger partial charge on any atom is -0.486 e. The third kappa shape index (κ3) is 3.76. The van der Waals surface area contributed by atoms with Crippen LogP contribution in [0, 0.1) is 24.1 Å². The summed E-state index contributed by atoms with van der Waals surface area (Å²) in [5.41, 5.74) is 0.905. The highest BCUT2D eigenvalue weighted by molar-refractivity contribution is 5.30. The second-order valence-electron chi connectivity index (χ2n) is 7.31. The predicted octanol–water partition coefficient (Wildman–Crippen LogP) is 4.32. The van der Waals surface area contributed by atoms with Crippen molar-refractivity contribution in [2.45, 2.75) is 59.1 Å². The molecule has 1 N–H and O–H groups in total. The molecule has 21 heavy (non-hydrogen) atoms. The lowest BCUT2D eigenvalue weighted by atomic mass is 9.70. The van der Waals surface area contributed by atoms with Crippen molar-refractivity contribution >= 4 is 0 Å². The van der Waals surface area contributed by atoms with Gasteiger partial charge in [-0.25, -0.2) is 4.39 Å². The van der Waals surface area contributed by atoms with E-state index in [1.807, 2.05) is 13.1 Å². The predicted molar refractivity (Wildman–Crippen MR) is 85.2 cm³/mol. The molecule has 1 aromatic carbocycles. The van der Waals surface area contributed by atoms with Crippen LogP contribution < -0.4 is 10.1 Å². The van der Waals surface area contributed by atoms with E-state index < -0.39 is 0 Å². The van der Waals surface area contributed by atoms with Gasteiger partial charge in [0.2, 0.25) is 0 Å². The number of ether oxygens (including phenoxy) is 1. The lowest BCUT2D eigenvalue weighted by molar-refractivity contribution is 0.0471. The van der Waals surface area contributed by atoms with E-state index in [0.717, 1.165) is 12.8 Å². The van der Waals surface area contributed by atoms with E-state index >= 15 is 0 Å². The summed E-state index contributed by atoms with van der Waals surface area (Å²) in [6.45, 7) is 8.61. The maximum atomic E-state index is 14.2. The molecule has 0 spiro atoms. The average Bonchev–Trinajstić information content (AvgIpc) is 2.43. The van der Waals surface area contributed by atoms with Crippen LogP contribution in [0.5, 0.6) is 5.75 Å². The molecule has 1 fully saturated rings. The Hall–Kier alpha value is -1.09. The van der Waals surface area contributed by atoms with Crippen molar-refractivity contribution in [3.8, 4) is 5.75 Å². The summed E-state index contributed by atoms with van der Waals surface area (Å²) < 4.78 is 20.2. The highest BCUT2D eigenvalue weighted by Gasteiger charge is 2.36. The highest BCUT2D eigenvalue weighted by atomic mass is 19.1. The van der Waals surface area contributed by atoms with E-state index in [4.69, 9.17) is 4.74 Å². The van der Waals surface area contributed by atoms with Crippen LogP contribution in [0.1, 0.15) is 45.6 Å². The van der Waals surface area contributed by atoms with Crippen molar-refractivity contribution in [1.82, 2.24) is 5.32 Å². The van der Waals surface area contributed by atoms with E-state index in [0.29, 0.717) is 23.3 Å². The molecular formula is C18H28FNO. The molecule has 0 bridgehead atoms.